The summed E-state index contributed by atoms with van der Waals surface area (Å²) in [5, 5.41) is 5.72. The van der Waals surface area contributed by atoms with Gasteiger partial charge in [-0.1, -0.05) is 19.1 Å². The summed E-state index contributed by atoms with van der Waals surface area (Å²) in [6, 6.07) is 14.7. The zero-order valence-electron chi connectivity index (χ0n) is 19.4. The number of hydrogen-bond acceptors (Lipinski definition) is 5. The lowest BCUT2D eigenvalue weighted by Gasteiger charge is -2.18. The number of benzene rings is 2. The van der Waals surface area contributed by atoms with E-state index in [1.807, 2.05) is 24.3 Å². The molecule has 0 spiro atoms. The van der Waals surface area contributed by atoms with Gasteiger partial charge in [-0.3, -0.25) is 14.4 Å². The summed E-state index contributed by atoms with van der Waals surface area (Å²) in [5.41, 5.74) is 2.63. The number of hydrogen-bond donors (Lipinski definition) is 2. The summed E-state index contributed by atoms with van der Waals surface area (Å²) < 4.78 is 11.1. The highest BCUT2D eigenvalue weighted by atomic mass is 16.5. The van der Waals surface area contributed by atoms with E-state index in [0.29, 0.717) is 24.5 Å². The summed E-state index contributed by atoms with van der Waals surface area (Å²) in [6.07, 6.45) is 3.19. The van der Waals surface area contributed by atoms with Crippen molar-refractivity contribution < 1.29 is 23.9 Å². The maximum Gasteiger partial charge on any atom is 0.262 e. The topological polar surface area (TPSA) is 97.0 Å². The molecule has 0 radical (unpaired) electrons. The number of amides is 3. The molecular formula is C26H31N3O5. The Morgan fingerprint density at radius 1 is 1.12 bits per heavy atom. The van der Waals surface area contributed by atoms with Crippen molar-refractivity contribution in [3.05, 3.63) is 54.1 Å². The SMILES string of the molecule is CCc1ccc(NC(=O)COc2ccc(N3C[C@@H](C(=O)NC[C@@H]4CCCO4)CC3=O)cc2)cc1. The molecule has 4 rings (SSSR count). The zero-order valence-corrected chi connectivity index (χ0v) is 19.4. The summed E-state index contributed by atoms with van der Waals surface area (Å²) in [5.74, 6) is -0.293. The summed E-state index contributed by atoms with van der Waals surface area (Å²) in [4.78, 5) is 38.8. The van der Waals surface area contributed by atoms with Gasteiger partial charge >= 0.3 is 0 Å². The van der Waals surface area contributed by atoms with E-state index in [0.717, 1.165) is 31.6 Å². The molecule has 0 bridgehead atoms. The third-order valence-corrected chi connectivity index (χ3v) is 6.19. The van der Waals surface area contributed by atoms with Crippen molar-refractivity contribution in [2.45, 2.75) is 38.7 Å². The summed E-state index contributed by atoms with van der Waals surface area (Å²) in [6.45, 7) is 3.54. The highest BCUT2D eigenvalue weighted by Gasteiger charge is 2.35. The Morgan fingerprint density at radius 2 is 1.88 bits per heavy atom. The lowest BCUT2D eigenvalue weighted by atomic mass is 10.1. The minimum atomic E-state index is -0.375. The first-order valence-corrected chi connectivity index (χ1v) is 11.8. The first kappa shape index (κ1) is 23.8. The Hall–Kier alpha value is -3.39. The van der Waals surface area contributed by atoms with Crippen LogP contribution in [0.3, 0.4) is 0 Å². The Balaban J connectivity index is 1.24. The largest absolute Gasteiger partial charge is 0.484 e. The maximum absolute atomic E-state index is 12.5. The van der Waals surface area contributed by atoms with Crippen LogP contribution in [-0.4, -0.2) is 50.1 Å². The van der Waals surface area contributed by atoms with Gasteiger partial charge in [0.05, 0.1) is 12.0 Å². The third-order valence-electron chi connectivity index (χ3n) is 6.19. The van der Waals surface area contributed by atoms with Crippen molar-refractivity contribution >= 4 is 29.1 Å². The molecule has 2 aliphatic rings. The normalized spacial score (nSPS) is 19.8. The number of anilines is 2. The molecule has 0 aromatic heterocycles. The van der Waals surface area contributed by atoms with E-state index in [2.05, 4.69) is 17.6 Å². The first-order valence-electron chi connectivity index (χ1n) is 11.8. The monoisotopic (exact) mass is 465 g/mol. The van der Waals surface area contributed by atoms with Crippen LogP contribution in [0.15, 0.2) is 48.5 Å². The van der Waals surface area contributed by atoms with E-state index in [-0.39, 0.29) is 42.8 Å². The number of carbonyl (C=O) groups excluding carboxylic acids is 3. The Morgan fingerprint density at radius 3 is 2.56 bits per heavy atom. The molecule has 8 nitrogen and oxygen atoms in total. The molecule has 180 valence electrons. The lowest BCUT2D eigenvalue weighted by Crippen LogP contribution is -2.37. The average Bonchev–Trinajstić information content (AvgIpc) is 3.52. The fourth-order valence-corrected chi connectivity index (χ4v) is 4.19. The van der Waals surface area contributed by atoms with Gasteiger partial charge in [-0.05, 0) is 61.2 Å². The van der Waals surface area contributed by atoms with Crippen LogP contribution in [0.4, 0.5) is 11.4 Å². The van der Waals surface area contributed by atoms with Crippen LogP contribution in [0.2, 0.25) is 0 Å². The fraction of sp³-hybridized carbons (Fsp3) is 0.423. The predicted molar refractivity (Wildman–Crippen MR) is 129 cm³/mol. The quantitative estimate of drug-likeness (QED) is 0.594. The number of nitrogens with zero attached hydrogens (tertiary/aromatic N) is 1. The van der Waals surface area contributed by atoms with Crippen LogP contribution in [0.25, 0.3) is 0 Å². The van der Waals surface area contributed by atoms with E-state index < -0.39 is 0 Å². The number of aryl methyl sites for hydroxylation is 1. The first-order chi connectivity index (χ1) is 16.5. The molecule has 2 aromatic rings. The zero-order chi connectivity index (χ0) is 23.9. The Labute approximate surface area is 199 Å². The fourth-order valence-electron chi connectivity index (χ4n) is 4.19. The van der Waals surface area contributed by atoms with Crippen LogP contribution in [0.5, 0.6) is 5.75 Å². The summed E-state index contributed by atoms with van der Waals surface area (Å²) in [7, 11) is 0. The van der Waals surface area contributed by atoms with Crippen LogP contribution >= 0.6 is 0 Å². The standard InChI is InChI=1S/C26H31N3O5/c1-2-18-5-7-20(8-6-18)28-24(30)17-34-22-11-9-21(10-12-22)29-16-19(14-25(29)31)26(32)27-15-23-4-3-13-33-23/h5-12,19,23H,2-4,13-17H2,1H3,(H,27,32)(H,28,30)/t19-,23-/m0/s1. The third kappa shape index (κ3) is 6.14. The molecular weight excluding hydrogens is 434 g/mol. The van der Waals surface area contributed by atoms with Gasteiger partial charge in [-0.15, -0.1) is 0 Å². The molecule has 8 heteroatoms. The van der Waals surface area contributed by atoms with Crippen LogP contribution in [-0.2, 0) is 25.5 Å². The molecule has 0 saturated carbocycles. The Bertz CT molecular complexity index is 1000. The number of nitrogens with one attached hydrogen (secondary N) is 2. The molecule has 2 N–H and O–H groups in total. The van der Waals surface area contributed by atoms with Crippen molar-refractivity contribution in [2.75, 3.05) is 36.5 Å². The minimum Gasteiger partial charge on any atom is -0.484 e. The second kappa shape index (κ2) is 11.2. The second-order valence-corrected chi connectivity index (χ2v) is 8.67. The molecule has 2 aromatic carbocycles. The number of carbonyl (C=O) groups is 3. The predicted octanol–water partition coefficient (Wildman–Crippen LogP) is 2.91. The minimum absolute atomic E-state index is 0.0772. The van der Waals surface area contributed by atoms with Crippen LogP contribution in [0, 0.1) is 5.92 Å². The highest BCUT2D eigenvalue weighted by Crippen LogP contribution is 2.27. The summed E-state index contributed by atoms with van der Waals surface area (Å²) >= 11 is 0. The van der Waals surface area contributed by atoms with Gasteiger partial charge in [0.2, 0.25) is 11.8 Å². The number of ether oxygens (including phenoxy) is 2. The van der Waals surface area contributed by atoms with Gasteiger partial charge < -0.3 is 25.0 Å². The van der Waals surface area contributed by atoms with E-state index in [9.17, 15) is 14.4 Å². The van der Waals surface area contributed by atoms with Crippen molar-refractivity contribution in [1.82, 2.24) is 5.32 Å². The van der Waals surface area contributed by atoms with Gasteiger partial charge in [0.25, 0.3) is 5.91 Å². The second-order valence-electron chi connectivity index (χ2n) is 8.67. The smallest absolute Gasteiger partial charge is 0.262 e. The molecule has 0 aliphatic carbocycles. The molecule has 2 fully saturated rings. The van der Waals surface area contributed by atoms with Crippen molar-refractivity contribution in [3.63, 3.8) is 0 Å². The van der Waals surface area contributed by atoms with Gasteiger partial charge in [0.15, 0.2) is 6.61 Å². The van der Waals surface area contributed by atoms with Crippen molar-refractivity contribution in [2.24, 2.45) is 5.92 Å². The van der Waals surface area contributed by atoms with E-state index in [4.69, 9.17) is 9.47 Å². The molecule has 34 heavy (non-hydrogen) atoms. The molecule has 2 atom stereocenters. The van der Waals surface area contributed by atoms with E-state index in [1.54, 1.807) is 29.2 Å². The van der Waals surface area contributed by atoms with E-state index in [1.165, 1.54) is 5.56 Å². The average molecular weight is 466 g/mol. The van der Waals surface area contributed by atoms with Crippen molar-refractivity contribution in [3.8, 4) is 5.75 Å². The van der Waals surface area contributed by atoms with Crippen molar-refractivity contribution in [1.29, 1.82) is 0 Å². The van der Waals surface area contributed by atoms with Gasteiger partial charge in [0, 0.05) is 37.5 Å². The molecule has 0 unspecified atom stereocenters. The maximum atomic E-state index is 12.5. The van der Waals surface area contributed by atoms with Gasteiger partial charge in [-0.25, -0.2) is 0 Å². The number of rotatable bonds is 9. The van der Waals surface area contributed by atoms with Gasteiger partial charge in [-0.2, -0.15) is 0 Å². The molecule has 2 heterocycles. The van der Waals surface area contributed by atoms with Crippen LogP contribution < -0.4 is 20.3 Å². The van der Waals surface area contributed by atoms with Crippen LogP contribution in [0.1, 0.15) is 31.7 Å². The Kier molecular flexibility index (Phi) is 7.80. The molecule has 2 saturated heterocycles. The van der Waals surface area contributed by atoms with E-state index >= 15 is 0 Å². The van der Waals surface area contributed by atoms with Gasteiger partial charge in [0.1, 0.15) is 5.75 Å². The highest BCUT2D eigenvalue weighted by molar-refractivity contribution is 6.00. The molecule has 3 amide bonds. The molecule has 2 aliphatic heterocycles. The lowest BCUT2D eigenvalue weighted by molar-refractivity contribution is -0.126.